The summed E-state index contributed by atoms with van der Waals surface area (Å²) in [5.41, 5.74) is 9.30. The quantitative estimate of drug-likeness (QED) is 0.206. The summed E-state index contributed by atoms with van der Waals surface area (Å²) in [6.07, 6.45) is -5.14. The van der Waals surface area contributed by atoms with Crippen LogP contribution in [0, 0.1) is 0 Å². The van der Waals surface area contributed by atoms with Gasteiger partial charge in [0.2, 0.25) is 5.95 Å². The van der Waals surface area contributed by atoms with Gasteiger partial charge in [-0.3, -0.25) is 14.3 Å². The van der Waals surface area contributed by atoms with Gasteiger partial charge in [-0.2, -0.15) is 4.98 Å². The van der Waals surface area contributed by atoms with Crippen LogP contribution in [0.2, 0.25) is 0 Å². The van der Waals surface area contributed by atoms with Crippen molar-refractivity contribution in [2.45, 2.75) is 36.5 Å². The number of nitrogens with one attached hydrogen (secondary N) is 2. The van der Waals surface area contributed by atoms with E-state index in [2.05, 4.69) is 20.3 Å². The number of benzene rings is 2. The van der Waals surface area contributed by atoms with Crippen LogP contribution in [0.4, 0.5) is 10.7 Å². The number of anilines is 1. The van der Waals surface area contributed by atoms with E-state index in [9.17, 15) is 24.9 Å². The first-order valence-corrected chi connectivity index (χ1v) is 12.3. The van der Waals surface area contributed by atoms with E-state index in [0.717, 1.165) is 22.3 Å². The van der Waals surface area contributed by atoms with Crippen molar-refractivity contribution in [2.75, 3.05) is 18.9 Å². The maximum atomic E-state index is 13.0. The van der Waals surface area contributed by atoms with Crippen molar-refractivity contribution in [2.24, 2.45) is 0 Å². The van der Waals surface area contributed by atoms with Gasteiger partial charge in [-0.25, -0.2) is 9.78 Å². The summed E-state index contributed by atoms with van der Waals surface area (Å²) in [5.74, 6) is -0.363. The molecule has 0 radical (unpaired) electrons. The molecule has 0 saturated carbocycles. The van der Waals surface area contributed by atoms with E-state index < -0.39 is 48.8 Å². The number of carbonyl (C=O) groups is 1. The van der Waals surface area contributed by atoms with Crippen LogP contribution in [0.1, 0.15) is 23.3 Å². The number of imidazole rings is 1. The number of rotatable bonds is 5. The lowest BCUT2D eigenvalue weighted by Crippen LogP contribution is -2.62. The smallest absolute Gasteiger partial charge is 0.407 e. The number of aromatic amines is 1. The number of hydrogen-bond acceptors (Lipinski definition) is 10. The van der Waals surface area contributed by atoms with Gasteiger partial charge < -0.3 is 35.8 Å². The molecule has 1 saturated heterocycles. The largest absolute Gasteiger partial charge is 0.449 e. The number of alkyl carbamates (subject to hydrolysis) is 1. The fourth-order valence-corrected chi connectivity index (χ4v) is 5.40. The zero-order valence-electron chi connectivity index (χ0n) is 20.5. The van der Waals surface area contributed by atoms with Gasteiger partial charge >= 0.3 is 6.09 Å². The molecule has 39 heavy (non-hydrogen) atoms. The van der Waals surface area contributed by atoms with Crippen LogP contribution in [0.5, 0.6) is 0 Å². The normalized spacial score (nSPS) is 24.3. The first kappa shape index (κ1) is 25.0. The molecule has 5 atom stereocenters. The van der Waals surface area contributed by atoms with Gasteiger partial charge in [0.1, 0.15) is 31.0 Å². The Hall–Kier alpha value is -4.30. The van der Waals surface area contributed by atoms with Crippen molar-refractivity contribution >= 4 is 23.2 Å². The van der Waals surface area contributed by atoms with E-state index in [1.54, 1.807) is 0 Å². The molecule has 0 unspecified atom stereocenters. The summed E-state index contributed by atoms with van der Waals surface area (Å²) in [6.45, 7) is -0.591. The summed E-state index contributed by atoms with van der Waals surface area (Å²) in [7, 11) is 0. The van der Waals surface area contributed by atoms with Crippen LogP contribution in [-0.4, -0.2) is 78.5 Å². The second kappa shape index (κ2) is 9.78. The Labute approximate surface area is 220 Å². The van der Waals surface area contributed by atoms with E-state index in [1.165, 1.54) is 10.9 Å². The molecule has 2 aliphatic rings. The van der Waals surface area contributed by atoms with Crippen LogP contribution < -0.4 is 16.6 Å². The predicted molar refractivity (Wildman–Crippen MR) is 138 cm³/mol. The van der Waals surface area contributed by atoms with Gasteiger partial charge in [0.15, 0.2) is 17.4 Å². The van der Waals surface area contributed by atoms with Crippen molar-refractivity contribution < 1.29 is 29.6 Å². The number of fused-ring (bicyclic) bond motifs is 4. The fourth-order valence-electron chi connectivity index (χ4n) is 5.40. The van der Waals surface area contributed by atoms with Gasteiger partial charge in [0, 0.05) is 5.92 Å². The minimum Gasteiger partial charge on any atom is -0.449 e. The van der Waals surface area contributed by atoms with E-state index in [-0.39, 0.29) is 29.6 Å². The Kier molecular flexibility index (Phi) is 6.27. The molecule has 2 aromatic heterocycles. The van der Waals surface area contributed by atoms with Gasteiger partial charge in [0.25, 0.3) is 5.56 Å². The zero-order chi connectivity index (χ0) is 27.3. The molecule has 4 aromatic rings. The average molecular weight is 535 g/mol. The number of nitrogens with two attached hydrogens (primary N) is 1. The highest BCUT2D eigenvalue weighted by Crippen LogP contribution is 2.44. The number of H-pyrrole nitrogens is 1. The molecule has 3 heterocycles. The number of ether oxygens (including phenoxy) is 2. The van der Waals surface area contributed by atoms with E-state index in [0.29, 0.717) is 0 Å². The van der Waals surface area contributed by atoms with Crippen LogP contribution in [0.25, 0.3) is 22.3 Å². The number of nitrogen functional groups attached to an aromatic ring is 1. The van der Waals surface area contributed by atoms with Crippen molar-refractivity contribution in [3.05, 3.63) is 76.3 Å². The summed E-state index contributed by atoms with van der Waals surface area (Å²) in [5, 5.41) is 33.7. The maximum Gasteiger partial charge on any atom is 0.407 e. The van der Waals surface area contributed by atoms with E-state index >= 15 is 0 Å². The lowest BCUT2D eigenvalue weighted by molar-refractivity contribution is -0.214. The first-order chi connectivity index (χ1) is 18.9. The lowest BCUT2D eigenvalue weighted by atomic mass is 9.96. The van der Waals surface area contributed by atoms with Crippen LogP contribution in [0.15, 0.2) is 59.7 Å². The molecular formula is C26H26N6O7. The minimum atomic E-state index is -1.57. The number of aromatic nitrogens is 4. The highest BCUT2D eigenvalue weighted by Gasteiger charge is 2.46. The number of amides is 1. The molecule has 1 fully saturated rings. The highest BCUT2D eigenvalue weighted by atomic mass is 16.6. The van der Waals surface area contributed by atoms with Crippen molar-refractivity contribution in [3.8, 4) is 11.1 Å². The summed E-state index contributed by atoms with van der Waals surface area (Å²) in [4.78, 5) is 35.8. The van der Waals surface area contributed by atoms with E-state index in [4.69, 9.17) is 15.2 Å². The molecule has 0 spiro atoms. The third-order valence-electron chi connectivity index (χ3n) is 7.25. The number of hydrogen-bond donors (Lipinski definition) is 6. The highest BCUT2D eigenvalue weighted by molar-refractivity contribution is 5.79. The molecule has 0 bridgehead atoms. The monoisotopic (exact) mass is 534 g/mol. The first-order valence-electron chi connectivity index (χ1n) is 12.3. The lowest BCUT2D eigenvalue weighted by Gasteiger charge is -2.42. The second-order valence-electron chi connectivity index (χ2n) is 9.50. The Morgan fingerprint density at radius 2 is 1.77 bits per heavy atom. The Morgan fingerprint density at radius 3 is 2.44 bits per heavy atom. The predicted octanol–water partition coefficient (Wildman–Crippen LogP) is 0.221. The molecule has 202 valence electrons. The number of nitrogens with zero attached hydrogens (tertiary/aromatic N) is 3. The van der Waals surface area contributed by atoms with Gasteiger partial charge in [0.05, 0.1) is 12.9 Å². The average Bonchev–Trinajstić information content (AvgIpc) is 3.50. The number of aliphatic hydroxyl groups is 3. The summed E-state index contributed by atoms with van der Waals surface area (Å²) < 4.78 is 12.7. The Morgan fingerprint density at radius 1 is 1.10 bits per heavy atom. The Bertz CT molecular complexity index is 1560. The van der Waals surface area contributed by atoms with Crippen LogP contribution in [-0.2, 0) is 9.47 Å². The van der Waals surface area contributed by atoms with Crippen molar-refractivity contribution in [1.29, 1.82) is 0 Å². The minimum absolute atomic E-state index is 0.0253. The molecule has 13 heteroatoms. The maximum absolute atomic E-state index is 13.0. The molecule has 1 amide bonds. The van der Waals surface area contributed by atoms with E-state index in [1.807, 2.05) is 48.5 Å². The molecule has 13 nitrogen and oxygen atoms in total. The van der Waals surface area contributed by atoms with Crippen molar-refractivity contribution in [3.63, 3.8) is 0 Å². The van der Waals surface area contributed by atoms with Crippen molar-refractivity contribution in [1.82, 2.24) is 24.8 Å². The second-order valence-corrected chi connectivity index (χ2v) is 9.50. The molecule has 2 aromatic carbocycles. The summed E-state index contributed by atoms with van der Waals surface area (Å²) in [6, 6.07) is 14.5. The standard InChI is InChI=1S/C26H26N6O7/c27-25-30-22-19(23(36)31-25)28-11-32(22)24-18(21(35)20(34)17(9-33)39-24)29-26(37)38-10-16-14-7-3-1-5-12(14)13-6-2-4-8-15(13)16/h1-8,11,16-18,20-21,24,33-35H,9-10H2,(H,29,37)(H3,27,30,31,36)/t17-,18+,20-,21-,24-/m1/s1. The van der Waals surface area contributed by atoms with Gasteiger partial charge in [-0.15, -0.1) is 0 Å². The molecule has 1 aliphatic carbocycles. The topological polar surface area (TPSA) is 198 Å². The zero-order valence-corrected chi connectivity index (χ0v) is 20.5. The fraction of sp³-hybridized carbons (Fsp3) is 0.308. The Balaban J connectivity index is 1.26. The third-order valence-corrected chi connectivity index (χ3v) is 7.25. The van der Waals surface area contributed by atoms with Gasteiger partial charge in [-0.1, -0.05) is 48.5 Å². The number of carbonyl (C=O) groups excluding carboxylic acids is 1. The molecular weight excluding hydrogens is 508 g/mol. The van der Waals surface area contributed by atoms with Crippen LogP contribution >= 0.6 is 0 Å². The molecule has 6 rings (SSSR count). The van der Waals surface area contributed by atoms with Crippen LogP contribution in [0.3, 0.4) is 0 Å². The number of aliphatic hydroxyl groups excluding tert-OH is 3. The molecule has 7 N–H and O–H groups in total. The SMILES string of the molecule is Nc1nc2c(ncn2[C@@H]2O[C@H](CO)[C@@H](O)[C@H](O)[C@@H]2NC(=O)OCC2c3ccccc3-c3ccccc32)c(=O)[nH]1. The van der Waals surface area contributed by atoms with Gasteiger partial charge in [-0.05, 0) is 22.3 Å². The third kappa shape index (κ3) is 4.21. The molecule has 1 aliphatic heterocycles. The summed E-state index contributed by atoms with van der Waals surface area (Å²) >= 11 is 0.